The number of halogens is 1. The van der Waals surface area contributed by atoms with Crippen LogP contribution in [0.2, 0.25) is 5.15 Å². The van der Waals surface area contributed by atoms with Gasteiger partial charge in [-0.05, 0) is 18.8 Å². The molecule has 0 spiro atoms. The first-order chi connectivity index (χ1) is 8.65. The maximum absolute atomic E-state index is 11.4. The van der Waals surface area contributed by atoms with Gasteiger partial charge in [0.15, 0.2) is 15.2 Å². The monoisotopic (exact) mass is 290 g/mol. The number of aliphatic hydroxyl groups is 1. The van der Waals surface area contributed by atoms with Crippen LogP contribution in [-0.2, 0) is 4.74 Å². The lowest BCUT2D eigenvalue weighted by Gasteiger charge is -2.30. The van der Waals surface area contributed by atoms with Crippen LogP contribution in [0.3, 0.4) is 0 Å². The van der Waals surface area contributed by atoms with Crippen molar-refractivity contribution in [3.8, 4) is 0 Å². The summed E-state index contributed by atoms with van der Waals surface area (Å²) in [5, 5.41) is 10.0. The highest BCUT2D eigenvalue weighted by Crippen LogP contribution is 2.32. The maximum Gasteiger partial charge on any atom is 0.351 e. The summed E-state index contributed by atoms with van der Waals surface area (Å²) < 4.78 is 4.65. The smallest absolute Gasteiger partial charge is 0.351 e. The second kappa shape index (κ2) is 5.86. The number of piperidine rings is 1. The van der Waals surface area contributed by atoms with Crippen LogP contribution in [0.4, 0.5) is 5.13 Å². The summed E-state index contributed by atoms with van der Waals surface area (Å²) in [7, 11) is 1.32. The molecule has 0 radical (unpaired) electrons. The average Bonchev–Trinajstić information content (AvgIpc) is 2.80. The van der Waals surface area contributed by atoms with E-state index in [1.807, 2.05) is 0 Å². The van der Waals surface area contributed by atoms with Crippen LogP contribution in [0, 0.1) is 5.92 Å². The van der Waals surface area contributed by atoms with E-state index in [1.165, 1.54) is 18.4 Å². The van der Waals surface area contributed by atoms with E-state index < -0.39 is 5.97 Å². The highest BCUT2D eigenvalue weighted by Gasteiger charge is 2.24. The van der Waals surface area contributed by atoms with Gasteiger partial charge >= 0.3 is 5.97 Å². The molecule has 7 heteroatoms. The van der Waals surface area contributed by atoms with Crippen molar-refractivity contribution in [2.24, 2.45) is 5.92 Å². The van der Waals surface area contributed by atoms with Crippen LogP contribution in [0.25, 0.3) is 0 Å². The number of thiazole rings is 1. The van der Waals surface area contributed by atoms with Gasteiger partial charge in [-0.3, -0.25) is 0 Å². The van der Waals surface area contributed by atoms with E-state index in [0.717, 1.165) is 31.1 Å². The molecule has 18 heavy (non-hydrogen) atoms. The Kier molecular flexibility index (Phi) is 4.42. The van der Waals surface area contributed by atoms with Gasteiger partial charge < -0.3 is 14.7 Å². The van der Waals surface area contributed by atoms with E-state index in [9.17, 15) is 4.79 Å². The van der Waals surface area contributed by atoms with Crippen molar-refractivity contribution in [3.63, 3.8) is 0 Å². The minimum Gasteiger partial charge on any atom is -0.465 e. The summed E-state index contributed by atoms with van der Waals surface area (Å²) in [4.78, 5) is 18.1. The van der Waals surface area contributed by atoms with E-state index in [-0.39, 0.29) is 11.8 Å². The quantitative estimate of drug-likeness (QED) is 0.860. The highest BCUT2D eigenvalue weighted by molar-refractivity contribution is 7.18. The molecule has 1 fully saturated rings. The van der Waals surface area contributed by atoms with Crippen molar-refractivity contribution in [1.29, 1.82) is 0 Å². The largest absolute Gasteiger partial charge is 0.465 e. The van der Waals surface area contributed by atoms with Crippen LogP contribution in [0.5, 0.6) is 0 Å². The maximum atomic E-state index is 11.4. The number of aromatic nitrogens is 1. The molecule has 0 atom stereocenters. The minimum absolute atomic E-state index is 0.200. The summed E-state index contributed by atoms with van der Waals surface area (Å²) in [6, 6.07) is 0. The summed E-state index contributed by atoms with van der Waals surface area (Å²) in [6.07, 6.45) is 1.86. The summed E-state index contributed by atoms with van der Waals surface area (Å²) in [5.74, 6) is -0.0780. The van der Waals surface area contributed by atoms with E-state index in [4.69, 9.17) is 16.7 Å². The minimum atomic E-state index is -0.450. The highest BCUT2D eigenvalue weighted by atomic mass is 35.5. The lowest BCUT2D eigenvalue weighted by Crippen LogP contribution is -2.34. The first kappa shape index (κ1) is 13.6. The van der Waals surface area contributed by atoms with E-state index in [2.05, 4.69) is 14.6 Å². The van der Waals surface area contributed by atoms with Gasteiger partial charge in [-0.25, -0.2) is 9.78 Å². The Bertz CT molecular complexity index is 430. The molecule has 0 saturated carbocycles. The molecule has 5 nitrogen and oxygen atoms in total. The van der Waals surface area contributed by atoms with Gasteiger partial charge in [-0.15, -0.1) is 0 Å². The molecule has 1 aromatic heterocycles. The summed E-state index contributed by atoms with van der Waals surface area (Å²) in [6.45, 7) is 1.89. The van der Waals surface area contributed by atoms with Crippen molar-refractivity contribution in [1.82, 2.24) is 4.98 Å². The number of aliphatic hydroxyl groups excluding tert-OH is 1. The number of esters is 1. The number of methoxy groups -OCH3 is 1. The zero-order valence-corrected chi connectivity index (χ0v) is 11.6. The standard InChI is InChI=1S/C11H15ClN2O3S/c1-17-10(16)8-9(12)13-11(18-8)14-4-2-7(6-15)3-5-14/h7,15H,2-6H2,1H3. The lowest BCUT2D eigenvalue weighted by molar-refractivity contribution is 0.0606. The fourth-order valence-corrected chi connectivity index (χ4v) is 3.20. The van der Waals surface area contributed by atoms with E-state index >= 15 is 0 Å². The molecule has 1 aliphatic rings. The van der Waals surface area contributed by atoms with Gasteiger partial charge in [0.05, 0.1) is 7.11 Å². The van der Waals surface area contributed by atoms with Crippen molar-refractivity contribution >= 4 is 34.0 Å². The van der Waals surface area contributed by atoms with Crippen molar-refractivity contribution < 1.29 is 14.6 Å². The van der Waals surface area contributed by atoms with Crippen molar-refractivity contribution in [2.45, 2.75) is 12.8 Å². The fraction of sp³-hybridized carbons (Fsp3) is 0.636. The predicted octanol–water partition coefficient (Wildman–Crippen LogP) is 1.79. The summed E-state index contributed by atoms with van der Waals surface area (Å²) in [5.41, 5.74) is 0. The van der Waals surface area contributed by atoms with Crippen LogP contribution < -0.4 is 4.90 Å². The Labute approximate surface area is 114 Å². The van der Waals surface area contributed by atoms with E-state index in [0.29, 0.717) is 10.8 Å². The lowest BCUT2D eigenvalue weighted by atomic mass is 9.98. The summed E-state index contributed by atoms with van der Waals surface area (Å²) >= 11 is 7.18. The zero-order valence-electron chi connectivity index (χ0n) is 10.1. The first-order valence-electron chi connectivity index (χ1n) is 5.76. The molecular formula is C11H15ClN2O3S. The van der Waals surface area contributed by atoms with Gasteiger partial charge in [0.2, 0.25) is 0 Å². The molecule has 0 bridgehead atoms. The van der Waals surface area contributed by atoms with Gasteiger partial charge in [0.25, 0.3) is 0 Å². The van der Waals surface area contributed by atoms with Crippen LogP contribution >= 0.6 is 22.9 Å². The second-order valence-corrected chi connectivity index (χ2v) is 5.56. The van der Waals surface area contributed by atoms with Crippen molar-refractivity contribution in [2.75, 3.05) is 31.7 Å². The zero-order chi connectivity index (χ0) is 13.1. The molecule has 1 aliphatic heterocycles. The Balaban J connectivity index is 2.08. The molecule has 1 N–H and O–H groups in total. The van der Waals surface area contributed by atoms with Gasteiger partial charge in [-0.2, -0.15) is 0 Å². The molecular weight excluding hydrogens is 276 g/mol. The average molecular weight is 291 g/mol. The Morgan fingerprint density at radius 3 is 2.83 bits per heavy atom. The molecule has 0 unspecified atom stereocenters. The third-order valence-corrected chi connectivity index (χ3v) is 4.57. The Morgan fingerprint density at radius 2 is 2.28 bits per heavy atom. The fourth-order valence-electron chi connectivity index (χ4n) is 1.95. The van der Waals surface area contributed by atoms with E-state index in [1.54, 1.807) is 0 Å². The molecule has 0 aliphatic carbocycles. The first-order valence-corrected chi connectivity index (χ1v) is 6.95. The van der Waals surface area contributed by atoms with Crippen LogP contribution in [0.1, 0.15) is 22.5 Å². The van der Waals surface area contributed by atoms with Gasteiger partial charge in [-0.1, -0.05) is 22.9 Å². The third-order valence-electron chi connectivity index (χ3n) is 3.09. The number of rotatable bonds is 3. The number of hydrogen-bond acceptors (Lipinski definition) is 6. The molecule has 100 valence electrons. The van der Waals surface area contributed by atoms with Crippen LogP contribution in [0.15, 0.2) is 0 Å². The molecule has 1 aromatic rings. The number of nitrogens with zero attached hydrogens (tertiary/aromatic N) is 2. The third kappa shape index (κ3) is 2.76. The number of ether oxygens (including phenoxy) is 1. The van der Waals surface area contributed by atoms with Gasteiger partial charge in [0.1, 0.15) is 0 Å². The number of carbonyl (C=O) groups excluding carboxylic acids is 1. The second-order valence-electron chi connectivity index (χ2n) is 4.22. The Hall–Kier alpha value is -0.850. The number of carbonyl (C=O) groups is 1. The number of hydrogen-bond donors (Lipinski definition) is 1. The van der Waals surface area contributed by atoms with Crippen LogP contribution in [-0.4, -0.2) is 42.9 Å². The Morgan fingerprint density at radius 1 is 1.61 bits per heavy atom. The molecule has 2 rings (SSSR count). The van der Waals surface area contributed by atoms with Crippen molar-refractivity contribution in [3.05, 3.63) is 10.0 Å². The normalized spacial score (nSPS) is 16.9. The SMILES string of the molecule is COC(=O)c1sc(N2CCC(CO)CC2)nc1Cl. The molecule has 2 heterocycles. The van der Waals surface area contributed by atoms with Gasteiger partial charge in [0, 0.05) is 19.7 Å². The molecule has 0 aromatic carbocycles. The number of anilines is 1. The molecule has 1 saturated heterocycles. The topological polar surface area (TPSA) is 62.7 Å². The molecule has 0 amide bonds. The predicted molar refractivity (Wildman–Crippen MR) is 70.5 cm³/mol.